The third kappa shape index (κ3) is 3.35. The fraction of sp³-hybridized carbons (Fsp3) is 0.455. The van der Waals surface area contributed by atoms with Gasteiger partial charge < -0.3 is 10.2 Å². The van der Waals surface area contributed by atoms with Gasteiger partial charge >= 0.3 is 0 Å². The number of hydrogen-bond acceptors (Lipinski definition) is 2. The Kier molecular flexibility index (Phi) is 4.01. The molecule has 0 bridgehead atoms. The maximum atomic E-state index is 9.72. The van der Waals surface area contributed by atoms with Gasteiger partial charge in [-0.1, -0.05) is 29.3 Å². The molecule has 0 heterocycles. The van der Waals surface area contributed by atoms with Gasteiger partial charge in [-0.15, -0.1) is 0 Å². The fourth-order valence-electron chi connectivity index (χ4n) is 1.17. The Morgan fingerprint density at radius 1 is 1.27 bits per heavy atom. The lowest BCUT2D eigenvalue weighted by molar-refractivity contribution is -0.0469. The molecule has 2 nitrogen and oxygen atoms in total. The van der Waals surface area contributed by atoms with Crippen molar-refractivity contribution in [3.8, 4) is 0 Å². The average molecular weight is 249 g/mol. The van der Waals surface area contributed by atoms with E-state index >= 15 is 0 Å². The lowest BCUT2D eigenvalue weighted by Crippen LogP contribution is -2.37. The zero-order valence-electron chi connectivity index (χ0n) is 8.67. The molecule has 0 aliphatic rings. The lowest BCUT2D eigenvalue weighted by atomic mass is 9.95. The Morgan fingerprint density at radius 3 is 2.13 bits per heavy atom. The van der Waals surface area contributed by atoms with Crippen molar-refractivity contribution < 1.29 is 10.2 Å². The molecule has 4 heteroatoms. The van der Waals surface area contributed by atoms with Crippen LogP contribution in [0.25, 0.3) is 0 Å². The summed E-state index contributed by atoms with van der Waals surface area (Å²) in [5.74, 6) is 0. The van der Waals surface area contributed by atoms with E-state index in [1.54, 1.807) is 32.0 Å². The first-order chi connectivity index (χ1) is 6.82. The summed E-state index contributed by atoms with van der Waals surface area (Å²) < 4.78 is 0. The van der Waals surface area contributed by atoms with Gasteiger partial charge in [0.1, 0.15) is 0 Å². The standard InChI is InChI=1S/C11H14Cl2O2/c1-11(2,15)10(14)6-7-8(12)4-3-5-9(7)13/h3-5,10,14-15H,6H2,1-2H3. The van der Waals surface area contributed by atoms with Gasteiger partial charge in [0, 0.05) is 16.5 Å². The summed E-state index contributed by atoms with van der Waals surface area (Å²) in [5, 5.41) is 20.3. The fourth-order valence-corrected chi connectivity index (χ4v) is 1.72. The summed E-state index contributed by atoms with van der Waals surface area (Å²) in [6, 6.07) is 5.16. The van der Waals surface area contributed by atoms with Crippen molar-refractivity contribution in [2.75, 3.05) is 0 Å². The molecule has 0 saturated heterocycles. The minimum atomic E-state index is -1.16. The van der Waals surface area contributed by atoms with Gasteiger partial charge in [-0.25, -0.2) is 0 Å². The SMILES string of the molecule is CC(C)(O)C(O)Cc1c(Cl)cccc1Cl. The molecule has 1 aromatic rings. The molecule has 1 unspecified atom stereocenters. The largest absolute Gasteiger partial charge is 0.390 e. The van der Waals surface area contributed by atoms with Crippen LogP contribution in [0.2, 0.25) is 10.0 Å². The van der Waals surface area contributed by atoms with Gasteiger partial charge in [0.2, 0.25) is 0 Å². The van der Waals surface area contributed by atoms with Crippen molar-refractivity contribution >= 4 is 23.2 Å². The molecule has 0 radical (unpaired) electrons. The minimum absolute atomic E-state index is 0.238. The van der Waals surface area contributed by atoms with Crippen LogP contribution in [0, 0.1) is 0 Å². The van der Waals surface area contributed by atoms with Crippen LogP contribution in [0.3, 0.4) is 0 Å². The predicted molar refractivity (Wildman–Crippen MR) is 62.5 cm³/mol. The topological polar surface area (TPSA) is 40.5 Å². The molecule has 0 saturated carbocycles. The van der Waals surface area contributed by atoms with Crippen LogP contribution in [0.5, 0.6) is 0 Å². The molecule has 0 amide bonds. The second-order valence-electron chi connectivity index (χ2n) is 4.07. The second-order valence-corrected chi connectivity index (χ2v) is 4.89. The number of aliphatic hydroxyl groups excluding tert-OH is 1. The first-order valence-electron chi connectivity index (χ1n) is 4.65. The monoisotopic (exact) mass is 248 g/mol. The van der Waals surface area contributed by atoms with Crippen LogP contribution >= 0.6 is 23.2 Å². The number of hydrogen-bond donors (Lipinski definition) is 2. The summed E-state index contributed by atoms with van der Waals surface area (Å²) in [7, 11) is 0. The van der Waals surface area contributed by atoms with Gasteiger partial charge in [0.05, 0.1) is 11.7 Å². The Hall–Kier alpha value is -0.280. The molecule has 0 aromatic heterocycles. The molecule has 84 valence electrons. The second kappa shape index (κ2) is 4.71. The normalized spacial score (nSPS) is 14.0. The predicted octanol–water partition coefficient (Wildman–Crippen LogP) is 2.67. The van der Waals surface area contributed by atoms with E-state index in [4.69, 9.17) is 23.2 Å². The molecular weight excluding hydrogens is 235 g/mol. The smallest absolute Gasteiger partial charge is 0.0862 e. The molecule has 1 atom stereocenters. The van der Waals surface area contributed by atoms with E-state index in [1.165, 1.54) is 0 Å². The third-order valence-corrected chi connectivity index (χ3v) is 2.98. The Morgan fingerprint density at radius 2 is 1.73 bits per heavy atom. The van der Waals surface area contributed by atoms with Crippen molar-refractivity contribution in [2.24, 2.45) is 0 Å². The van der Waals surface area contributed by atoms with Crippen molar-refractivity contribution in [2.45, 2.75) is 32.0 Å². The number of aliphatic hydroxyl groups is 2. The van der Waals surface area contributed by atoms with Crippen LogP contribution in [-0.4, -0.2) is 21.9 Å². The summed E-state index contributed by atoms with van der Waals surface area (Å²) in [4.78, 5) is 0. The van der Waals surface area contributed by atoms with Crippen LogP contribution in [-0.2, 0) is 6.42 Å². The summed E-state index contributed by atoms with van der Waals surface area (Å²) in [5.41, 5.74) is -0.502. The number of halogens is 2. The van der Waals surface area contributed by atoms with Gasteiger partial charge in [0.15, 0.2) is 0 Å². The van der Waals surface area contributed by atoms with E-state index < -0.39 is 11.7 Å². The molecule has 1 rings (SSSR count). The van der Waals surface area contributed by atoms with Gasteiger partial charge in [-0.05, 0) is 31.5 Å². The van der Waals surface area contributed by atoms with Gasteiger partial charge in [-0.2, -0.15) is 0 Å². The van der Waals surface area contributed by atoms with E-state index in [-0.39, 0.29) is 6.42 Å². The summed E-state index contributed by atoms with van der Waals surface area (Å²) in [6.45, 7) is 3.09. The van der Waals surface area contributed by atoms with Crippen molar-refractivity contribution in [1.82, 2.24) is 0 Å². The average Bonchev–Trinajstić information content (AvgIpc) is 2.09. The highest BCUT2D eigenvalue weighted by Gasteiger charge is 2.25. The van der Waals surface area contributed by atoms with E-state index in [0.717, 1.165) is 0 Å². The zero-order valence-corrected chi connectivity index (χ0v) is 10.2. The van der Waals surface area contributed by atoms with Crippen LogP contribution in [0.4, 0.5) is 0 Å². The van der Waals surface area contributed by atoms with Gasteiger partial charge in [0.25, 0.3) is 0 Å². The van der Waals surface area contributed by atoms with Crippen LogP contribution in [0.15, 0.2) is 18.2 Å². The van der Waals surface area contributed by atoms with Crippen LogP contribution < -0.4 is 0 Å². The highest BCUT2D eigenvalue weighted by atomic mass is 35.5. The molecule has 0 fully saturated rings. The number of rotatable bonds is 3. The van der Waals surface area contributed by atoms with Crippen molar-refractivity contribution in [3.63, 3.8) is 0 Å². The third-order valence-electron chi connectivity index (χ3n) is 2.27. The molecule has 0 spiro atoms. The molecule has 0 aliphatic heterocycles. The Bertz CT molecular complexity index is 325. The maximum absolute atomic E-state index is 9.72. The summed E-state index contributed by atoms with van der Waals surface area (Å²) >= 11 is 11.9. The van der Waals surface area contributed by atoms with E-state index in [9.17, 15) is 10.2 Å². The van der Waals surface area contributed by atoms with Crippen LogP contribution in [0.1, 0.15) is 19.4 Å². The first kappa shape index (κ1) is 12.8. The lowest BCUT2D eigenvalue weighted by Gasteiger charge is -2.25. The van der Waals surface area contributed by atoms with Crippen molar-refractivity contribution in [3.05, 3.63) is 33.8 Å². The zero-order chi connectivity index (χ0) is 11.6. The molecule has 1 aromatic carbocycles. The highest BCUT2D eigenvalue weighted by molar-refractivity contribution is 6.35. The van der Waals surface area contributed by atoms with Gasteiger partial charge in [-0.3, -0.25) is 0 Å². The minimum Gasteiger partial charge on any atom is -0.390 e. The molecule has 15 heavy (non-hydrogen) atoms. The highest BCUT2D eigenvalue weighted by Crippen LogP contribution is 2.27. The molecule has 2 N–H and O–H groups in total. The van der Waals surface area contributed by atoms with E-state index in [2.05, 4.69) is 0 Å². The number of benzene rings is 1. The molecular formula is C11H14Cl2O2. The maximum Gasteiger partial charge on any atom is 0.0862 e. The molecule has 0 aliphatic carbocycles. The first-order valence-corrected chi connectivity index (χ1v) is 5.41. The Balaban J connectivity index is 2.90. The Labute approximate surface area is 99.5 Å². The van der Waals surface area contributed by atoms with Crippen molar-refractivity contribution in [1.29, 1.82) is 0 Å². The quantitative estimate of drug-likeness (QED) is 0.864. The summed E-state index contributed by atoms with van der Waals surface area (Å²) in [6.07, 6.45) is -0.656. The van der Waals surface area contributed by atoms with E-state index in [0.29, 0.717) is 15.6 Å². The van der Waals surface area contributed by atoms with E-state index in [1.807, 2.05) is 0 Å².